The fourth-order valence-corrected chi connectivity index (χ4v) is 1.74. The average molecular weight is 186 g/mol. The zero-order valence-electron chi connectivity index (χ0n) is 6.82. The van der Waals surface area contributed by atoms with E-state index in [0.29, 0.717) is 6.61 Å². The summed E-state index contributed by atoms with van der Waals surface area (Å²) in [6, 6.07) is -0.505. The molecule has 6 nitrogen and oxygen atoms in total. The zero-order valence-corrected chi connectivity index (χ0v) is 6.82. The highest BCUT2D eigenvalue weighted by Gasteiger charge is 2.44. The number of urea groups is 1. The van der Waals surface area contributed by atoms with Gasteiger partial charge in [-0.05, 0) is 0 Å². The number of carbonyl (C=O) groups is 2. The zero-order chi connectivity index (χ0) is 9.42. The Balaban J connectivity index is 2.00. The molecule has 2 heterocycles. The molecule has 0 bridgehead atoms. The number of rotatable bonds is 2. The molecular weight excluding hydrogens is 176 g/mol. The highest BCUT2D eigenvalue weighted by atomic mass is 16.5. The van der Waals surface area contributed by atoms with Gasteiger partial charge in [0.2, 0.25) is 0 Å². The van der Waals surface area contributed by atoms with Crippen LogP contribution in [0, 0.1) is 0 Å². The minimum Gasteiger partial charge on any atom is -0.481 e. The summed E-state index contributed by atoms with van der Waals surface area (Å²) in [5, 5.41) is 13.8. The third-order valence-electron chi connectivity index (χ3n) is 2.31. The maximum absolute atomic E-state index is 10.9. The Hall–Kier alpha value is -1.30. The van der Waals surface area contributed by atoms with Crippen molar-refractivity contribution in [2.45, 2.75) is 24.6 Å². The van der Waals surface area contributed by atoms with Gasteiger partial charge in [0, 0.05) is 0 Å². The number of aliphatic carboxylic acids is 1. The molecule has 2 aliphatic rings. The molecule has 3 atom stereocenters. The van der Waals surface area contributed by atoms with E-state index in [1.807, 2.05) is 0 Å². The Labute approximate surface area is 74.2 Å². The Morgan fingerprint density at radius 3 is 3.08 bits per heavy atom. The summed E-state index contributed by atoms with van der Waals surface area (Å²) in [5.41, 5.74) is 0. The molecule has 0 aromatic carbocycles. The van der Waals surface area contributed by atoms with Crippen molar-refractivity contribution in [3.05, 3.63) is 0 Å². The van der Waals surface area contributed by atoms with Crippen molar-refractivity contribution in [2.24, 2.45) is 0 Å². The Morgan fingerprint density at radius 1 is 1.62 bits per heavy atom. The number of fused-ring (bicyclic) bond motifs is 1. The predicted octanol–water partition coefficient (Wildman–Crippen LogP) is -1.09. The van der Waals surface area contributed by atoms with Gasteiger partial charge < -0.3 is 20.5 Å². The molecule has 2 fully saturated rings. The van der Waals surface area contributed by atoms with Crippen molar-refractivity contribution in [3.63, 3.8) is 0 Å². The number of carboxylic acids is 1. The monoisotopic (exact) mass is 186 g/mol. The molecule has 0 aromatic heterocycles. The maximum atomic E-state index is 10.9. The molecule has 2 aliphatic heterocycles. The third-order valence-corrected chi connectivity index (χ3v) is 2.31. The fourth-order valence-electron chi connectivity index (χ4n) is 1.74. The van der Waals surface area contributed by atoms with Crippen molar-refractivity contribution < 1.29 is 19.4 Å². The Kier molecular flexibility index (Phi) is 1.84. The summed E-state index contributed by atoms with van der Waals surface area (Å²) in [7, 11) is 0. The van der Waals surface area contributed by atoms with Gasteiger partial charge in [0.15, 0.2) is 0 Å². The first kappa shape index (κ1) is 8.31. The molecule has 13 heavy (non-hydrogen) atoms. The molecule has 3 unspecified atom stereocenters. The van der Waals surface area contributed by atoms with Crippen LogP contribution in [0.25, 0.3) is 0 Å². The molecule has 0 aromatic rings. The van der Waals surface area contributed by atoms with E-state index < -0.39 is 12.1 Å². The van der Waals surface area contributed by atoms with E-state index in [1.165, 1.54) is 0 Å². The van der Waals surface area contributed by atoms with Crippen molar-refractivity contribution in [2.75, 3.05) is 6.61 Å². The van der Waals surface area contributed by atoms with Crippen molar-refractivity contribution in [1.82, 2.24) is 10.6 Å². The van der Waals surface area contributed by atoms with Gasteiger partial charge in [0.25, 0.3) is 0 Å². The van der Waals surface area contributed by atoms with Gasteiger partial charge >= 0.3 is 12.0 Å². The molecule has 0 saturated carbocycles. The highest BCUT2D eigenvalue weighted by molar-refractivity contribution is 5.78. The lowest BCUT2D eigenvalue weighted by molar-refractivity contribution is -0.139. The Morgan fingerprint density at radius 2 is 2.38 bits per heavy atom. The van der Waals surface area contributed by atoms with E-state index >= 15 is 0 Å². The van der Waals surface area contributed by atoms with Gasteiger partial charge in [-0.25, -0.2) is 4.79 Å². The predicted molar refractivity (Wildman–Crippen MR) is 41.2 cm³/mol. The SMILES string of the molecule is O=C(O)CC1OCC2NC(=O)NC21. The first-order chi connectivity index (χ1) is 6.16. The van der Waals surface area contributed by atoms with Crippen molar-refractivity contribution in [3.8, 4) is 0 Å². The van der Waals surface area contributed by atoms with Crippen molar-refractivity contribution >= 4 is 12.0 Å². The number of hydrogen-bond donors (Lipinski definition) is 3. The fraction of sp³-hybridized carbons (Fsp3) is 0.714. The molecule has 0 aliphatic carbocycles. The summed E-state index contributed by atoms with van der Waals surface area (Å²) in [6.45, 7) is 0.390. The first-order valence-corrected chi connectivity index (χ1v) is 4.07. The lowest BCUT2D eigenvalue weighted by atomic mass is 10.1. The van der Waals surface area contributed by atoms with E-state index in [4.69, 9.17) is 9.84 Å². The van der Waals surface area contributed by atoms with Crippen LogP contribution in [0.2, 0.25) is 0 Å². The van der Waals surface area contributed by atoms with Gasteiger partial charge in [0.1, 0.15) is 0 Å². The summed E-state index contributed by atoms with van der Waals surface area (Å²) >= 11 is 0. The second-order valence-electron chi connectivity index (χ2n) is 3.22. The molecule has 2 amide bonds. The minimum absolute atomic E-state index is 0.0663. The van der Waals surface area contributed by atoms with Gasteiger partial charge in [-0.2, -0.15) is 0 Å². The second kappa shape index (κ2) is 2.88. The number of amides is 2. The molecule has 0 radical (unpaired) electrons. The largest absolute Gasteiger partial charge is 0.481 e. The van der Waals surface area contributed by atoms with Crippen LogP contribution in [0.4, 0.5) is 4.79 Å². The number of hydrogen-bond acceptors (Lipinski definition) is 3. The van der Waals surface area contributed by atoms with E-state index in [1.54, 1.807) is 0 Å². The summed E-state index contributed by atoms with van der Waals surface area (Å²) in [4.78, 5) is 21.3. The number of nitrogens with one attached hydrogen (secondary N) is 2. The normalized spacial score (nSPS) is 36.6. The standard InChI is InChI=1S/C7H10N2O4/c10-5(11)1-4-6-3(2-13-4)8-7(12)9-6/h3-4,6H,1-2H2,(H,10,11)(H2,8,9,12). The van der Waals surface area contributed by atoms with Crippen LogP contribution in [0.1, 0.15) is 6.42 Å². The van der Waals surface area contributed by atoms with Crippen LogP contribution >= 0.6 is 0 Å². The van der Waals surface area contributed by atoms with Gasteiger partial charge in [-0.3, -0.25) is 4.79 Å². The van der Waals surface area contributed by atoms with Crippen LogP contribution in [-0.4, -0.2) is 41.9 Å². The smallest absolute Gasteiger partial charge is 0.315 e. The third kappa shape index (κ3) is 1.44. The molecule has 3 N–H and O–H groups in total. The van der Waals surface area contributed by atoms with E-state index in [-0.39, 0.29) is 24.5 Å². The number of ether oxygens (including phenoxy) is 1. The van der Waals surface area contributed by atoms with Crippen LogP contribution in [0.5, 0.6) is 0 Å². The summed E-state index contributed by atoms with van der Waals surface area (Å²) < 4.78 is 5.22. The highest BCUT2D eigenvalue weighted by Crippen LogP contribution is 2.20. The molecule has 0 spiro atoms. The molecule has 6 heteroatoms. The first-order valence-electron chi connectivity index (χ1n) is 4.07. The second-order valence-corrected chi connectivity index (χ2v) is 3.22. The molecular formula is C7H10N2O4. The van der Waals surface area contributed by atoms with Gasteiger partial charge in [-0.15, -0.1) is 0 Å². The lowest BCUT2D eigenvalue weighted by Gasteiger charge is -2.13. The van der Waals surface area contributed by atoms with Crippen LogP contribution < -0.4 is 10.6 Å². The van der Waals surface area contributed by atoms with Gasteiger partial charge in [0.05, 0.1) is 31.2 Å². The molecule has 2 rings (SSSR count). The lowest BCUT2D eigenvalue weighted by Crippen LogP contribution is -2.38. The van der Waals surface area contributed by atoms with Gasteiger partial charge in [-0.1, -0.05) is 0 Å². The summed E-state index contributed by atoms with van der Waals surface area (Å²) in [5.74, 6) is -0.910. The van der Waals surface area contributed by atoms with Crippen LogP contribution in [-0.2, 0) is 9.53 Å². The van der Waals surface area contributed by atoms with E-state index in [0.717, 1.165) is 0 Å². The number of carboxylic acid groups (broad SMARTS) is 1. The average Bonchev–Trinajstić information content (AvgIpc) is 2.51. The maximum Gasteiger partial charge on any atom is 0.315 e. The van der Waals surface area contributed by atoms with Crippen LogP contribution in [0.15, 0.2) is 0 Å². The molecule has 72 valence electrons. The summed E-state index contributed by atoms with van der Waals surface area (Å²) in [6.07, 6.45) is -0.468. The van der Waals surface area contributed by atoms with Crippen LogP contribution in [0.3, 0.4) is 0 Å². The van der Waals surface area contributed by atoms with Crippen molar-refractivity contribution in [1.29, 1.82) is 0 Å². The quantitative estimate of drug-likeness (QED) is 0.511. The van der Waals surface area contributed by atoms with E-state index in [2.05, 4.69) is 10.6 Å². The van der Waals surface area contributed by atoms with E-state index in [9.17, 15) is 9.59 Å². The molecule has 2 saturated heterocycles. The minimum atomic E-state index is -0.910. The number of carbonyl (C=O) groups excluding carboxylic acids is 1. The topological polar surface area (TPSA) is 87.7 Å². The Bertz CT molecular complexity index is 255.